The molecule has 6 heteroatoms. The van der Waals surface area contributed by atoms with Crippen molar-refractivity contribution in [2.24, 2.45) is 7.05 Å². The summed E-state index contributed by atoms with van der Waals surface area (Å²) in [6.45, 7) is 4.40. The van der Waals surface area contributed by atoms with Crippen molar-refractivity contribution in [2.45, 2.75) is 26.8 Å². The van der Waals surface area contributed by atoms with Gasteiger partial charge >= 0.3 is 0 Å². The van der Waals surface area contributed by atoms with Crippen LogP contribution in [-0.2, 0) is 20.0 Å². The molecule has 16 heavy (non-hydrogen) atoms. The molecule has 6 nitrogen and oxygen atoms in total. The smallest absolute Gasteiger partial charge is 0.223 e. The van der Waals surface area contributed by atoms with Gasteiger partial charge in [-0.15, -0.1) is 0 Å². The number of nitrogens with one attached hydrogen (secondary N) is 1. The minimum atomic E-state index is 0.552. The van der Waals surface area contributed by atoms with Crippen LogP contribution in [0.25, 0.3) is 0 Å². The average molecular weight is 221 g/mol. The fourth-order valence-corrected chi connectivity index (χ4v) is 1.53. The summed E-state index contributed by atoms with van der Waals surface area (Å²) in [6.07, 6.45) is 2.85. The van der Waals surface area contributed by atoms with Crippen molar-refractivity contribution in [3.8, 4) is 0 Å². The van der Waals surface area contributed by atoms with E-state index in [0.717, 1.165) is 17.8 Å². The van der Waals surface area contributed by atoms with Gasteiger partial charge in [0, 0.05) is 20.2 Å². The maximum atomic E-state index is 4.89. The third-order valence-corrected chi connectivity index (χ3v) is 2.25. The minimum Gasteiger partial charge on any atom is -0.375 e. The third kappa shape index (κ3) is 2.21. The number of hydrogen-bond donors (Lipinski definition) is 1. The Morgan fingerprint density at radius 3 is 2.94 bits per heavy atom. The number of hydrogen-bond acceptors (Lipinski definition) is 5. The van der Waals surface area contributed by atoms with Gasteiger partial charge in [0.05, 0.1) is 17.9 Å². The highest BCUT2D eigenvalue weighted by atomic mass is 16.5. The molecule has 0 bridgehead atoms. The molecule has 0 aliphatic heterocycles. The molecule has 0 spiro atoms. The summed E-state index contributed by atoms with van der Waals surface area (Å²) >= 11 is 0. The summed E-state index contributed by atoms with van der Waals surface area (Å²) < 4.78 is 6.69. The van der Waals surface area contributed by atoms with Crippen LogP contribution in [0.4, 0.5) is 5.69 Å². The standard InChI is InChI=1S/C10H15N5O/c1-4-8-9(6-15(3)13-8)11-5-10-12-7(2)16-14-10/h6,11H,4-5H2,1-3H3. The maximum absolute atomic E-state index is 4.89. The highest BCUT2D eigenvalue weighted by Gasteiger charge is 2.07. The van der Waals surface area contributed by atoms with Gasteiger partial charge in [-0.2, -0.15) is 10.1 Å². The van der Waals surface area contributed by atoms with E-state index in [9.17, 15) is 0 Å². The maximum Gasteiger partial charge on any atom is 0.223 e. The van der Waals surface area contributed by atoms with Crippen LogP contribution in [0.2, 0.25) is 0 Å². The largest absolute Gasteiger partial charge is 0.375 e. The second-order valence-corrected chi connectivity index (χ2v) is 3.60. The molecule has 0 aliphatic carbocycles. The average Bonchev–Trinajstić information content (AvgIpc) is 2.81. The summed E-state index contributed by atoms with van der Waals surface area (Å²) in [4.78, 5) is 4.12. The van der Waals surface area contributed by atoms with Crippen molar-refractivity contribution in [3.05, 3.63) is 23.6 Å². The quantitative estimate of drug-likeness (QED) is 0.842. The van der Waals surface area contributed by atoms with Gasteiger partial charge in [0.25, 0.3) is 0 Å². The van der Waals surface area contributed by atoms with Gasteiger partial charge in [0.1, 0.15) is 0 Å². The lowest BCUT2D eigenvalue weighted by Crippen LogP contribution is -2.02. The molecule has 2 rings (SSSR count). The van der Waals surface area contributed by atoms with Crippen LogP contribution in [0.5, 0.6) is 0 Å². The van der Waals surface area contributed by atoms with Crippen LogP contribution in [-0.4, -0.2) is 19.9 Å². The molecule has 86 valence electrons. The van der Waals surface area contributed by atoms with Crippen molar-refractivity contribution < 1.29 is 4.52 Å². The molecule has 0 saturated carbocycles. The van der Waals surface area contributed by atoms with E-state index in [4.69, 9.17) is 4.52 Å². The van der Waals surface area contributed by atoms with Gasteiger partial charge in [0.2, 0.25) is 5.89 Å². The van der Waals surface area contributed by atoms with E-state index < -0.39 is 0 Å². The van der Waals surface area contributed by atoms with E-state index in [1.54, 1.807) is 11.6 Å². The Balaban J connectivity index is 2.04. The fourth-order valence-electron chi connectivity index (χ4n) is 1.53. The van der Waals surface area contributed by atoms with Gasteiger partial charge in [-0.3, -0.25) is 4.68 Å². The summed E-state index contributed by atoms with van der Waals surface area (Å²) in [5.74, 6) is 1.24. The molecule has 2 aromatic heterocycles. The van der Waals surface area contributed by atoms with Crippen molar-refractivity contribution in [2.75, 3.05) is 5.32 Å². The van der Waals surface area contributed by atoms with Crippen molar-refractivity contribution in [3.63, 3.8) is 0 Å². The summed E-state index contributed by atoms with van der Waals surface area (Å²) in [5.41, 5.74) is 2.06. The first-order valence-corrected chi connectivity index (χ1v) is 5.24. The number of aromatic nitrogens is 4. The van der Waals surface area contributed by atoms with Crippen molar-refractivity contribution in [1.29, 1.82) is 0 Å². The molecule has 0 aliphatic rings. The zero-order valence-electron chi connectivity index (χ0n) is 9.69. The van der Waals surface area contributed by atoms with Gasteiger partial charge in [0.15, 0.2) is 5.82 Å². The first-order chi connectivity index (χ1) is 7.69. The van der Waals surface area contributed by atoms with Crippen molar-refractivity contribution >= 4 is 5.69 Å². The van der Waals surface area contributed by atoms with Crippen LogP contribution in [0.15, 0.2) is 10.7 Å². The van der Waals surface area contributed by atoms with E-state index in [1.165, 1.54) is 0 Å². The lowest BCUT2D eigenvalue weighted by molar-refractivity contribution is 0.388. The molecule has 0 fully saturated rings. The predicted octanol–water partition coefficient (Wildman–Crippen LogP) is 1.29. The Labute approximate surface area is 93.7 Å². The Morgan fingerprint density at radius 2 is 2.31 bits per heavy atom. The van der Waals surface area contributed by atoms with Crippen molar-refractivity contribution in [1.82, 2.24) is 19.9 Å². The zero-order chi connectivity index (χ0) is 11.5. The Morgan fingerprint density at radius 1 is 1.50 bits per heavy atom. The van der Waals surface area contributed by atoms with E-state index >= 15 is 0 Å². The van der Waals surface area contributed by atoms with Crippen LogP contribution >= 0.6 is 0 Å². The summed E-state index contributed by atoms with van der Waals surface area (Å²) in [5, 5.41) is 11.4. The van der Waals surface area contributed by atoms with Gasteiger partial charge < -0.3 is 9.84 Å². The molecular weight excluding hydrogens is 206 g/mol. The van der Waals surface area contributed by atoms with Crippen LogP contribution in [0, 0.1) is 6.92 Å². The third-order valence-electron chi connectivity index (χ3n) is 2.25. The minimum absolute atomic E-state index is 0.552. The molecular formula is C10H15N5O. The van der Waals surface area contributed by atoms with Crippen LogP contribution in [0.3, 0.4) is 0 Å². The van der Waals surface area contributed by atoms with E-state index in [0.29, 0.717) is 18.3 Å². The molecule has 0 aromatic carbocycles. The van der Waals surface area contributed by atoms with Crippen LogP contribution in [0.1, 0.15) is 24.3 Å². The molecule has 0 atom stereocenters. The van der Waals surface area contributed by atoms with E-state index in [2.05, 4.69) is 27.5 Å². The number of aryl methyl sites for hydroxylation is 3. The Kier molecular flexibility index (Phi) is 2.89. The SMILES string of the molecule is CCc1nn(C)cc1NCc1noc(C)n1. The molecule has 0 radical (unpaired) electrons. The Bertz CT molecular complexity index is 473. The predicted molar refractivity (Wildman–Crippen MR) is 58.9 cm³/mol. The molecule has 0 amide bonds. The highest BCUT2D eigenvalue weighted by Crippen LogP contribution is 2.14. The molecule has 1 N–H and O–H groups in total. The topological polar surface area (TPSA) is 68.8 Å². The first kappa shape index (κ1) is 10.7. The molecule has 0 saturated heterocycles. The molecule has 0 unspecified atom stereocenters. The molecule has 2 aromatic rings. The second kappa shape index (κ2) is 4.34. The zero-order valence-corrected chi connectivity index (χ0v) is 9.69. The van der Waals surface area contributed by atoms with Gasteiger partial charge in [-0.25, -0.2) is 0 Å². The first-order valence-electron chi connectivity index (χ1n) is 5.24. The Hall–Kier alpha value is -1.85. The lowest BCUT2D eigenvalue weighted by atomic mass is 10.3. The monoisotopic (exact) mass is 221 g/mol. The van der Waals surface area contributed by atoms with Crippen LogP contribution < -0.4 is 5.32 Å². The second-order valence-electron chi connectivity index (χ2n) is 3.60. The van der Waals surface area contributed by atoms with Gasteiger partial charge in [-0.1, -0.05) is 12.1 Å². The number of anilines is 1. The van der Waals surface area contributed by atoms with Gasteiger partial charge in [-0.05, 0) is 6.42 Å². The summed E-state index contributed by atoms with van der Waals surface area (Å²) in [6, 6.07) is 0. The molecule has 2 heterocycles. The fraction of sp³-hybridized carbons (Fsp3) is 0.500. The van der Waals surface area contributed by atoms with E-state index in [1.807, 2.05) is 13.2 Å². The lowest BCUT2D eigenvalue weighted by Gasteiger charge is -2.00. The summed E-state index contributed by atoms with van der Waals surface area (Å²) in [7, 11) is 1.91. The highest BCUT2D eigenvalue weighted by molar-refractivity contribution is 5.46. The number of rotatable bonds is 4. The normalized spacial score (nSPS) is 10.7. The number of nitrogens with zero attached hydrogens (tertiary/aromatic N) is 4. The van der Waals surface area contributed by atoms with E-state index in [-0.39, 0.29) is 0 Å².